The highest BCUT2D eigenvalue weighted by molar-refractivity contribution is 5.87. The zero-order chi connectivity index (χ0) is 43.8. The molecule has 61 heavy (non-hydrogen) atoms. The molecule has 3 aliphatic carbocycles. The fourth-order valence-electron chi connectivity index (χ4n) is 9.42. The van der Waals surface area contributed by atoms with Gasteiger partial charge in [0.1, 0.15) is 5.75 Å². The van der Waals surface area contributed by atoms with E-state index in [0.717, 1.165) is 41.2 Å². The molecule has 7 nitrogen and oxygen atoms in total. The molecule has 0 saturated heterocycles. The SMILES string of the molecule is C=C(C)C(=O)OCCCc1cc(-c2ccc(C3C=CC(C4CCC(CCCCC)CC4)=CC3)cc2C2CC2)cc(CCCOC(=O)C(=C)C)c1OCCC(CO)(CO)CCC. The second kappa shape index (κ2) is 24.1. The van der Waals surface area contributed by atoms with E-state index in [4.69, 9.17) is 14.2 Å². The number of carbonyl (C=O) groups excluding carboxylic acids is 2. The number of aliphatic hydroxyl groups excluding tert-OH is 2. The molecule has 2 fully saturated rings. The summed E-state index contributed by atoms with van der Waals surface area (Å²) in [6, 6.07) is 11.6. The van der Waals surface area contributed by atoms with Crippen LogP contribution in [-0.2, 0) is 31.9 Å². The quantitative estimate of drug-likeness (QED) is 0.0553. The summed E-state index contributed by atoms with van der Waals surface area (Å²) in [5.41, 5.74) is 8.83. The predicted molar refractivity (Wildman–Crippen MR) is 248 cm³/mol. The summed E-state index contributed by atoms with van der Waals surface area (Å²) in [6.45, 7) is 15.7. The standard InChI is InChI=1S/C54H76O7/c1-7-9-10-13-40-16-18-41(19-17-40)42-20-22-43(23-21-42)45-26-27-49(50(35-45)44-24-25-44)48-33-46(14-11-30-60-52(57)38(3)4)51(59-32-29-54(36-55,37-56)28-8-2)47(34-48)15-12-31-61-53(58)39(5)6/h20-22,26-27,33-35,40-41,43-44,55-56H,3,5,7-19,23-25,28-32,36-37H2,1-2,4,6H3. The van der Waals surface area contributed by atoms with Crippen LogP contribution in [0, 0.1) is 17.3 Å². The molecule has 2 saturated carbocycles. The van der Waals surface area contributed by atoms with Gasteiger partial charge in [0.05, 0.1) is 33.0 Å². The molecule has 0 aromatic heterocycles. The van der Waals surface area contributed by atoms with Crippen LogP contribution in [0.4, 0.5) is 0 Å². The predicted octanol–water partition coefficient (Wildman–Crippen LogP) is 12.2. The third-order valence-electron chi connectivity index (χ3n) is 13.4. The lowest BCUT2D eigenvalue weighted by Gasteiger charge is -2.31. The lowest BCUT2D eigenvalue weighted by Crippen LogP contribution is -2.31. The highest BCUT2D eigenvalue weighted by atomic mass is 16.5. The van der Waals surface area contributed by atoms with Gasteiger partial charge in [0, 0.05) is 22.5 Å². The second-order valence-corrected chi connectivity index (χ2v) is 18.6. The summed E-state index contributed by atoms with van der Waals surface area (Å²) in [5.74, 6) is 2.49. The second-order valence-electron chi connectivity index (χ2n) is 18.6. The summed E-state index contributed by atoms with van der Waals surface area (Å²) >= 11 is 0. The zero-order valence-corrected chi connectivity index (χ0v) is 38.0. The monoisotopic (exact) mass is 837 g/mol. The Morgan fingerprint density at radius 2 is 1.38 bits per heavy atom. The molecule has 1 unspecified atom stereocenters. The molecule has 2 aromatic rings. The van der Waals surface area contributed by atoms with Crippen molar-refractivity contribution in [2.45, 2.75) is 155 Å². The summed E-state index contributed by atoms with van der Waals surface area (Å²) in [6.07, 6.45) is 26.2. The van der Waals surface area contributed by atoms with Crippen molar-refractivity contribution in [2.24, 2.45) is 17.3 Å². The fourth-order valence-corrected chi connectivity index (χ4v) is 9.42. The van der Waals surface area contributed by atoms with E-state index < -0.39 is 17.4 Å². The Balaban J connectivity index is 1.41. The molecule has 0 amide bonds. The Labute approximate surface area is 367 Å². The number of unbranched alkanes of at least 4 members (excludes halogenated alkanes) is 2. The third kappa shape index (κ3) is 14.0. The van der Waals surface area contributed by atoms with Crippen LogP contribution in [0.1, 0.15) is 165 Å². The lowest BCUT2D eigenvalue weighted by atomic mass is 9.75. The molecule has 1 atom stereocenters. The molecule has 0 spiro atoms. The average molecular weight is 837 g/mol. The highest BCUT2D eigenvalue weighted by Crippen LogP contribution is 2.47. The Hall–Kier alpha value is -3.94. The fraction of sp³-hybridized carbons (Fsp3) is 0.593. The third-order valence-corrected chi connectivity index (χ3v) is 13.4. The smallest absolute Gasteiger partial charge is 0.333 e. The number of hydrogen-bond acceptors (Lipinski definition) is 7. The van der Waals surface area contributed by atoms with Gasteiger partial charge in [0.2, 0.25) is 0 Å². The van der Waals surface area contributed by atoms with Crippen molar-refractivity contribution in [1.29, 1.82) is 0 Å². The Morgan fingerprint density at radius 3 is 1.90 bits per heavy atom. The van der Waals surface area contributed by atoms with Gasteiger partial charge in [-0.05, 0) is 166 Å². The van der Waals surface area contributed by atoms with E-state index in [1.165, 1.54) is 80.9 Å². The van der Waals surface area contributed by atoms with E-state index in [2.05, 4.69) is 75.6 Å². The average Bonchev–Trinajstić information content (AvgIpc) is 4.13. The van der Waals surface area contributed by atoms with Crippen molar-refractivity contribution >= 4 is 11.9 Å². The van der Waals surface area contributed by atoms with Crippen molar-refractivity contribution < 1.29 is 34.0 Å². The van der Waals surface area contributed by atoms with Gasteiger partial charge in [-0.1, -0.05) is 95.5 Å². The van der Waals surface area contributed by atoms with E-state index >= 15 is 0 Å². The van der Waals surface area contributed by atoms with Crippen LogP contribution >= 0.6 is 0 Å². The number of esters is 2. The number of aliphatic hydroxyl groups is 2. The minimum absolute atomic E-state index is 0.115. The van der Waals surface area contributed by atoms with Gasteiger partial charge < -0.3 is 24.4 Å². The van der Waals surface area contributed by atoms with Crippen LogP contribution in [0.25, 0.3) is 11.1 Å². The molecule has 0 aliphatic heterocycles. The van der Waals surface area contributed by atoms with E-state index in [1.807, 2.05) is 0 Å². The Bertz CT molecular complexity index is 1780. The first-order valence-electron chi connectivity index (χ1n) is 23.7. The van der Waals surface area contributed by atoms with Crippen molar-refractivity contribution in [2.75, 3.05) is 33.0 Å². The summed E-state index contributed by atoms with van der Waals surface area (Å²) in [4.78, 5) is 24.5. The van der Waals surface area contributed by atoms with Gasteiger partial charge in [-0.15, -0.1) is 0 Å². The maximum atomic E-state index is 12.2. The number of allylic oxidation sites excluding steroid dienone is 4. The first kappa shape index (κ1) is 48.1. The number of benzene rings is 2. The van der Waals surface area contributed by atoms with Gasteiger partial charge in [-0.3, -0.25) is 0 Å². The number of aryl methyl sites for hydroxylation is 2. The van der Waals surface area contributed by atoms with E-state index in [0.29, 0.717) is 74.0 Å². The van der Waals surface area contributed by atoms with Crippen LogP contribution in [0.5, 0.6) is 5.75 Å². The highest BCUT2D eigenvalue weighted by Gasteiger charge is 2.31. The van der Waals surface area contributed by atoms with Gasteiger partial charge in [-0.2, -0.15) is 0 Å². The first-order valence-corrected chi connectivity index (χ1v) is 23.7. The van der Waals surface area contributed by atoms with E-state index in [9.17, 15) is 19.8 Å². The minimum Gasteiger partial charge on any atom is -0.493 e. The molecule has 2 N–H and O–H groups in total. The largest absolute Gasteiger partial charge is 0.493 e. The van der Waals surface area contributed by atoms with Gasteiger partial charge in [0.25, 0.3) is 0 Å². The van der Waals surface area contributed by atoms with E-state index in [-0.39, 0.29) is 26.4 Å². The normalized spacial score (nSPS) is 19.0. The van der Waals surface area contributed by atoms with Crippen molar-refractivity contribution in [3.63, 3.8) is 0 Å². The number of ether oxygens (including phenoxy) is 3. The molecular formula is C54H76O7. The molecular weight excluding hydrogens is 761 g/mol. The topological polar surface area (TPSA) is 102 Å². The molecule has 334 valence electrons. The van der Waals surface area contributed by atoms with Crippen LogP contribution in [0.15, 0.2) is 78.4 Å². The van der Waals surface area contributed by atoms with Crippen molar-refractivity contribution in [1.82, 2.24) is 0 Å². The minimum atomic E-state index is -0.624. The van der Waals surface area contributed by atoms with Crippen molar-refractivity contribution in [3.8, 4) is 16.9 Å². The van der Waals surface area contributed by atoms with Gasteiger partial charge in [-0.25, -0.2) is 9.59 Å². The molecule has 0 radical (unpaired) electrons. The van der Waals surface area contributed by atoms with Crippen LogP contribution in [-0.4, -0.2) is 55.2 Å². The van der Waals surface area contributed by atoms with Crippen LogP contribution in [0.3, 0.4) is 0 Å². The zero-order valence-electron chi connectivity index (χ0n) is 38.0. The molecule has 5 rings (SSSR count). The summed E-state index contributed by atoms with van der Waals surface area (Å²) < 4.78 is 17.7. The summed E-state index contributed by atoms with van der Waals surface area (Å²) in [7, 11) is 0. The number of rotatable bonds is 26. The Kier molecular flexibility index (Phi) is 19.0. The number of hydrogen-bond donors (Lipinski definition) is 2. The van der Waals surface area contributed by atoms with Crippen LogP contribution in [0.2, 0.25) is 0 Å². The van der Waals surface area contributed by atoms with E-state index in [1.54, 1.807) is 19.4 Å². The first-order chi connectivity index (χ1) is 29.5. The molecule has 2 aromatic carbocycles. The summed E-state index contributed by atoms with van der Waals surface area (Å²) in [5, 5.41) is 20.6. The maximum absolute atomic E-state index is 12.2. The molecule has 0 bridgehead atoms. The van der Waals surface area contributed by atoms with Gasteiger partial charge >= 0.3 is 11.9 Å². The molecule has 0 heterocycles. The van der Waals surface area contributed by atoms with Gasteiger partial charge in [0.15, 0.2) is 0 Å². The number of carbonyl (C=O) groups is 2. The van der Waals surface area contributed by atoms with Crippen molar-refractivity contribution in [3.05, 3.63) is 101 Å². The Morgan fingerprint density at radius 1 is 0.754 bits per heavy atom. The lowest BCUT2D eigenvalue weighted by molar-refractivity contribution is -0.139. The van der Waals surface area contributed by atoms with Crippen LogP contribution < -0.4 is 4.74 Å². The molecule has 7 heteroatoms. The molecule has 3 aliphatic rings. The maximum Gasteiger partial charge on any atom is 0.333 e.